The Balaban J connectivity index is 1.45. The van der Waals surface area contributed by atoms with E-state index in [1.807, 2.05) is 54.9 Å². The zero-order valence-corrected chi connectivity index (χ0v) is 18.1. The molecule has 158 valence electrons. The number of carbonyl (C=O) groups is 2. The van der Waals surface area contributed by atoms with Crippen molar-refractivity contribution in [2.45, 2.75) is 39.9 Å². The molecule has 2 amide bonds. The van der Waals surface area contributed by atoms with E-state index >= 15 is 0 Å². The normalized spacial score (nSPS) is 14.0. The van der Waals surface area contributed by atoms with Crippen molar-refractivity contribution >= 4 is 17.5 Å². The third kappa shape index (κ3) is 3.77. The number of aromatic nitrogens is 2. The van der Waals surface area contributed by atoms with E-state index in [0.717, 1.165) is 22.5 Å². The van der Waals surface area contributed by atoms with Gasteiger partial charge in [0.15, 0.2) is 0 Å². The zero-order chi connectivity index (χ0) is 22.1. The van der Waals surface area contributed by atoms with Crippen LogP contribution in [-0.2, 0) is 17.9 Å². The van der Waals surface area contributed by atoms with E-state index in [4.69, 9.17) is 0 Å². The maximum Gasteiger partial charge on any atom is 0.259 e. The largest absolute Gasteiger partial charge is 0.350 e. The van der Waals surface area contributed by atoms with Crippen molar-refractivity contribution < 1.29 is 9.59 Å². The highest BCUT2D eigenvalue weighted by Gasteiger charge is 2.36. The Hall–Kier alpha value is -3.67. The number of rotatable bonds is 6. The average Bonchev–Trinajstić information content (AvgIpc) is 3.19. The first-order valence-corrected chi connectivity index (χ1v) is 10.3. The van der Waals surface area contributed by atoms with E-state index in [2.05, 4.69) is 29.1 Å². The number of hydrogen-bond acceptors (Lipinski definition) is 3. The molecule has 1 atom stereocenters. The second kappa shape index (κ2) is 8.22. The SMILES string of the molecule is C=C1c2ccccc2C(=O)N1[C@@H](C)C(=O)NCc1c(C)nn(Cc2ccccc2)c1C. The van der Waals surface area contributed by atoms with Crippen LogP contribution in [0.2, 0.25) is 0 Å². The summed E-state index contributed by atoms with van der Waals surface area (Å²) in [6.45, 7) is 10.8. The van der Waals surface area contributed by atoms with Gasteiger partial charge in [-0.05, 0) is 32.4 Å². The van der Waals surface area contributed by atoms with Crippen molar-refractivity contribution in [2.75, 3.05) is 0 Å². The van der Waals surface area contributed by atoms with Crippen LogP contribution in [0.1, 0.15) is 45.4 Å². The Morgan fingerprint density at radius 2 is 1.71 bits per heavy atom. The van der Waals surface area contributed by atoms with Crippen molar-refractivity contribution in [3.63, 3.8) is 0 Å². The van der Waals surface area contributed by atoms with Gasteiger partial charge >= 0.3 is 0 Å². The number of carbonyl (C=O) groups excluding carboxylic acids is 2. The number of hydrogen-bond donors (Lipinski definition) is 1. The van der Waals surface area contributed by atoms with Gasteiger partial charge in [-0.2, -0.15) is 5.10 Å². The average molecular weight is 415 g/mol. The van der Waals surface area contributed by atoms with Crippen molar-refractivity contribution in [1.82, 2.24) is 20.0 Å². The molecule has 6 heteroatoms. The Kier molecular flexibility index (Phi) is 5.46. The topological polar surface area (TPSA) is 67.2 Å². The second-order valence-electron chi connectivity index (χ2n) is 7.85. The number of aryl methyl sites for hydroxylation is 1. The molecule has 2 heterocycles. The summed E-state index contributed by atoms with van der Waals surface area (Å²) in [7, 11) is 0. The minimum Gasteiger partial charge on any atom is -0.350 e. The summed E-state index contributed by atoms with van der Waals surface area (Å²) in [6, 6.07) is 16.8. The lowest BCUT2D eigenvalue weighted by Crippen LogP contribution is -2.44. The molecule has 4 rings (SSSR count). The lowest BCUT2D eigenvalue weighted by molar-refractivity contribution is -0.124. The number of benzene rings is 2. The molecule has 0 saturated carbocycles. The van der Waals surface area contributed by atoms with Gasteiger partial charge in [-0.1, -0.05) is 55.1 Å². The molecule has 1 aliphatic heterocycles. The van der Waals surface area contributed by atoms with Crippen LogP contribution in [0.3, 0.4) is 0 Å². The van der Waals surface area contributed by atoms with Gasteiger partial charge in [0.2, 0.25) is 5.91 Å². The Bertz CT molecular complexity index is 1130. The highest BCUT2D eigenvalue weighted by Crippen LogP contribution is 2.32. The highest BCUT2D eigenvalue weighted by molar-refractivity contribution is 6.10. The lowest BCUT2D eigenvalue weighted by atomic mass is 10.1. The molecule has 31 heavy (non-hydrogen) atoms. The minimum atomic E-state index is -0.660. The van der Waals surface area contributed by atoms with Crippen LogP contribution >= 0.6 is 0 Å². The van der Waals surface area contributed by atoms with Crippen LogP contribution in [0.4, 0.5) is 0 Å². The molecule has 1 aliphatic rings. The fourth-order valence-corrected chi connectivity index (χ4v) is 4.05. The fourth-order valence-electron chi connectivity index (χ4n) is 4.05. The Labute approximate surface area is 182 Å². The standard InChI is InChI=1S/C25H26N4O2/c1-16-23(17(2)28(27-16)15-20-10-6-5-7-11-20)14-26-24(30)19(4)29-18(3)21-12-8-9-13-22(21)25(29)31/h5-13,19H,3,14-15H2,1-2,4H3,(H,26,30)/t19-/m0/s1. The molecule has 0 aliphatic carbocycles. The number of fused-ring (bicyclic) bond motifs is 1. The van der Waals surface area contributed by atoms with Gasteiger partial charge in [-0.15, -0.1) is 0 Å². The molecule has 1 aromatic heterocycles. The molecule has 0 fully saturated rings. The summed E-state index contributed by atoms with van der Waals surface area (Å²) in [4.78, 5) is 27.1. The second-order valence-corrected chi connectivity index (χ2v) is 7.85. The smallest absolute Gasteiger partial charge is 0.259 e. The molecular weight excluding hydrogens is 388 g/mol. The van der Waals surface area contributed by atoms with E-state index in [1.165, 1.54) is 10.5 Å². The summed E-state index contributed by atoms with van der Waals surface area (Å²) >= 11 is 0. The molecule has 2 aromatic carbocycles. The van der Waals surface area contributed by atoms with Crippen molar-refractivity contribution in [1.29, 1.82) is 0 Å². The summed E-state index contributed by atoms with van der Waals surface area (Å²) < 4.78 is 1.96. The summed E-state index contributed by atoms with van der Waals surface area (Å²) in [5.74, 6) is -0.414. The zero-order valence-electron chi connectivity index (χ0n) is 18.1. The molecule has 0 bridgehead atoms. The van der Waals surface area contributed by atoms with Gasteiger partial charge in [-0.3, -0.25) is 19.2 Å². The van der Waals surface area contributed by atoms with E-state index in [9.17, 15) is 9.59 Å². The Morgan fingerprint density at radius 3 is 2.39 bits per heavy atom. The molecule has 0 radical (unpaired) electrons. The van der Waals surface area contributed by atoms with Gasteiger partial charge < -0.3 is 5.32 Å². The van der Waals surface area contributed by atoms with Crippen molar-refractivity contribution in [3.8, 4) is 0 Å². The van der Waals surface area contributed by atoms with Crippen LogP contribution in [0.15, 0.2) is 61.2 Å². The number of nitrogens with one attached hydrogen (secondary N) is 1. The monoisotopic (exact) mass is 414 g/mol. The lowest BCUT2D eigenvalue weighted by Gasteiger charge is -2.24. The van der Waals surface area contributed by atoms with Crippen LogP contribution in [0.5, 0.6) is 0 Å². The van der Waals surface area contributed by atoms with Gasteiger partial charge in [-0.25, -0.2) is 0 Å². The summed E-state index contributed by atoms with van der Waals surface area (Å²) in [5, 5.41) is 7.62. The minimum absolute atomic E-state index is 0.189. The summed E-state index contributed by atoms with van der Waals surface area (Å²) in [6.07, 6.45) is 0. The van der Waals surface area contributed by atoms with Crippen LogP contribution in [0, 0.1) is 13.8 Å². The van der Waals surface area contributed by atoms with E-state index < -0.39 is 6.04 Å². The highest BCUT2D eigenvalue weighted by atomic mass is 16.2. The van der Waals surface area contributed by atoms with Crippen molar-refractivity contribution in [3.05, 3.63) is 94.8 Å². The van der Waals surface area contributed by atoms with Gasteiger partial charge in [0.05, 0.1) is 12.2 Å². The van der Waals surface area contributed by atoms with Crippen LogP contribution < -0.4 is 5.32 Å². The molecule has 1 N–H and O–H groups in total. The van der Waals surface area contributed by atoms with Crippen LogP contribution in [0.25, 0.3) is 5.70 Å². The Morgan fingerprint density at radius 1 is 1.06 bits per heavy atom. The molecule has 0 spiro atoms. The predicted octanol–water partition coefficient (Wildman–Crippen LogP) is 3.68. The van der Waals surface area contributed by atoms with Gasteiger partial charge in [0.25, 0.3) is 5.91 Å². The maximum absolute atomic E-state index is 12.9. The fraction of sp³-hybridized carbons (Fsp3) is 0.240. The van der Waals surface area contributed by atoms with E-state index in [1.54, 1.807) is 13.0 Å². The van der Waals surface area contributed by atoms with Crippen LogP contribution in [-0.4, -0.2) is 32.5 Å². The first-order valence-electron chi connectivity index (χ1n) is 10.3. The first-order chi connectivity index (χ1) is 14.9. The number of amides is 2. The molecule has 0 unspecified atom stereocenters. The van der Waals surface area contributed by atoms with Crippen molar-refractivity contribution in [2.24, 2.45) is 0 Å². The van der Waals surface area contributed by atoms with E-state index in [-0.39, 0.29) is 11.8 Å². The molecular formula is C25H26N4O2. The maximum atomic E-state index is 12.9. The first kappa shape index (κ1) is 20.6. The third-order valence-corrected chi connectivity index (χ3v) is 5.89. The third-order valence-electron chi connectivity index (χ3n) is 5.89. The number of nitrogens with zero attached hydrogens (tertiary/aromatic N) is 3. The summed E-state index contributed by atoms with van der Waals surface area (Å²) in [5.41, 5.74) is 5.99. The predicted molar refractivity (Wildman–Crippen MR) is 120 cm³/mol. The molecule has 3 aromatic rings. The van der Waals surface area contributed by atoms with Gasteiger partial charge in [0, 0.05) is 34.6 Å². The van der Waals surface area contributed by atoms with Gasteiger partial charge in [0.1, 0.15) is 6.04 Å². The molecule has 6 nitrogen and oxygen atoms in total. The van der Waals surface area contributed by atoms with E-state index in [0.29, 0.717) is 24.4 Å². The quantitative estimate of drug-likeness (QED) is 0.669. The molecule has 0 saturated heterocycles.